The zero-order valence-corrected chi connectivity index (χ0v) is 17.5. The Bertz CT molecular complexity index is 1080. The van der Waals surface area contributed by atoms with Crippen LogP contribution < -0.4 is 10.1 Å². The van der Waals surface area contributed by atoms with Crippen LogP contribution >= 0.6 is 0 Å². The zero-order chi connectivity index (χ0) is 21.5. The second kappa shape index (κ2) is 9.72. The summed E-state index contributed by atoms with van der Waals surface area (Å²) in [5, 5.41) is 0. The van der Waals surface area contributed by atoms with Gasteiger partial charge in [-0.15, -0.1) is 0 Å². The summed E-state index contributed by atoms with van der Waals surface area (Å²) in [5.74, 6) is -0.292. The number of hydrogen-bond acceptors (Lipinski definition) is 3. The number of rotatable bonds is 7. The van der Waals surface area contributed by atoms with E-state index in [1.165, 1.54) is 0 Å². The van der Waals surface area contributed by atoms with E-state index in [0.717, 1.165) is 33.6 Å². The number of carbonyl (C=O) groups is 1. The molecule has 4 aromatic rings. The predicted molar refractivity (Wildman–Crippen MR) is 124 cm³/mol. The van der Waals surface area contributed by atoms with Gasteiger partial charge in [-0.05, 0) is 42.3 Å². The number of esters is 1. The molecule has 4 rings (SSSR count). The molecule has 4 heteroatoms. The molecule has 4 nitrogen and oxygen atoms in total. The van der Waals surface area contributed by atoms with Crippen LogP contribution in [0.3, 0.4) is 0 Å². The first kappa shape index (κ1) is 20.4. The molecular weight excluding hydrogens is 384 g/mol. The van der Waals surface area contributed by atoms with Crippen molar-refractivity contribution >= 4 is 5.97 Å². The summed E-state index contributed by atoms with van der Waals surface area (Å²) < 4.78 is 7.11. The van der Waals surface area contributed by atoms with Gasteiger partial charge in [-0.1, -0.05) is 71.4 Å². The Hall–Kier alpha value is -3.92. The second-order valence-corrected chi connectivity index (χ2v) is 7.09. The van der Waals surface area contributed by atoms with Gasteiger partial charge in [-0.25, -0.2) is 4.79 Å². The fraction of sp³-hybridized carbons (Fsp3) is 0.111. The standard InChI is InChI=1S/C27H25N2O2/c1-2-31-27(30)20-28-29-25(22-14-8-4-9-15-22)18-24(21-12-6-3-7-13-21)19-26(29)23-16-10-5-11-17-23/h3-19,28H,2,20H2,1H3/q+1. The highest BCUT2D eigenvalue weighted by atomic mass is 16.5. The maximum absolute atomic E-state index is 12.1. The topological polar surface area (TPSA) is 42.2 Å². The molecule has 0 spiro atoms. The van der Waals surface area contributed by atoms with Crippen LogP contribution in [-0.2, 0) is 9.53 Å². The van der Waals surface area contributed by atoms with E-state index in [1.54, 1.807) is 0 Å². The van der Waals surface area contributed by atoms with Crippen LogP contribution in [0, 0.1) is 0 Å². The molecule has 0 aliphatic rings. The average Bonchev–Trinajstić information content (AvgIpc) is 2.84. The molecule has 0 saturated carbocycles. The van der Waals surface area contributed by atoms with E-state index in [9.17, 15) is 4.79 Å². The molecule has 1 N–H and O–H groups in total. The molecule has 0 aliphatic carbocycles. The highest BCUT2D eigenvalue weighted by Crippen LogP contribution is 2.28. The van der Waals surface area contributed by atoms with E-state index in [-0.39, 0.29) is 12.5 Å². The van der Waals surface area contributed by atoms with Crippen LogP contribution in [0.2, 0.25) is 0 Å². The maximum atomic E-state index is 12.1. The second-order valence-electron chi connectivity index (χ2n) is 7.09. The molecule has 0 atom stereocenters. The van der Waals surface area contributed by atoms with Crippen LogP contribution in [-0.4, -0.2) is 19.1 Å². The lowest BCUT2D eigenvalue weighted by atomic mass is 10.00. The van der Waals surface area contributed by atoms with Crippen LogP contribution in [0.15, 0.2) is 103 Å². The third-order valence-corrected chi connectivity index (χ3v) is 5.00. The molecule has 31 heavy (non-hydrogen) atoms. The number of carbonyl (C=O) groups excluding carboxylic acids is 1. The van der Waals surface area contributed by atoms with Gasteiger partial charge in [0.25, 0.3) is 0 Å². The van der Waals surface area contributed by atoms with Crippen molar-refractivity contribution < 1.29 is 14.2 Å². The molecule has 1 aromatic heterocycles. The first-order valence-electron chi connectivity index (χ1n) is 10.4. The normalized spacial score (nSPS) is 10.5. The van der Waals surface area contributed by atoms with Crippen LogP contribution in [0.1, 0.15) is 6.92 Å². The fourth-order valence-electron chi connectivity index (χ4n) is 3.56. The molecule has 0 bridgehead atoms. The number of hydrogen-bond donors (Lipinski definition) is 1. The van der Waals surface area contributed by atoms with E-state index < -0.39 is 0 Å². The number of aromatic nitrogens is 1. The van der Waals surface area contributed by atoms with Gasteiger partial charge in [0.2, 0.25) is 11.4 Å². The molecule has 0 aliphatic heterocycles. The van der Waals surface area contributed by atoms with Crippen molar-refractivity contribution in [2.24, 2.45) is 0 Å². The minimum atomic E-state index is -0.292. The van der Waals surface area contributed by atoms with Gasteiger partial charge < -0.3 is 4.74 Å². The van der Waals surface area contributed by atoms with E-state index in [1.807, 2.05) is 66.2 Å². The Morgan fingerprint density at radius 2 is 1.16 bits per heavy atom. The van der Waals surface area contributed by atoms with E-state index >= 15 is 0 Å². The predicted octanol–water partition coefficient (Wildman–Crippen LogP) is 5.08. The molecule has 0 fully saturated rings. The van der Waals surface area contributed by atoms with Gasteiger partial charge >= 0.3 is 5.97 Å². The Kier molecular flexibility index (Phi) is 6.38. The van der Waals surface area contributed by atoms with Gasteiger partial charge in [0.15, 0.2) is 6.54 Å². The lowest BCUT2D eigenvalue weighted by molar-refractivity contribution is -0.626. The van der Waals surface area contributed by atoms with Crippen molar-refractivity contribution in [1.82, 2.24) is 0 Å². The Balaban J connectivity index is 1.92. The SMILES string of the molecule is CCOC(=O)CN[n+]1c(-c2ccccc2)cc(-c2ccccc2)cc1-c1ccccc1. The van der Waals surface area contributed by atoms with Crippen molar-refractivity contribution in [3.05, 3.63) is 103 Å². The summed E-state index contributed by atoms with van der Waals surface area (Å²) in [4.78, 5) is 12.1. The highest BCUT2D eigenvalue weighted by molar-refractivity contribution is 5.75. The largest absolute Gasteiger partial charge is 0.465 e. The number of nitrogens with zero attached hydrogens (tertiary/aromatic N) is 1. The maximum Gasteiger partial charge on any atom is 0.331 e. The molecule has 154 valence electrons. The molecular formula is C27H25N2O2+. The van der Waals surface area contributed by atoms with Gasteiger partial charge in [0, 0.05) is 23.3 Å². The monoisotopic (exact) mass is 409 g/mol. The lowest BCUT2D eigenvalue weighted by Gasteiger charge is -2.13. The van der Waals surface area contributed by atoms with Gasteiger partial charge in [-0.3, -0.25) is 0 Å². The average molecular weight is 410 g/mol. The van der Waals surface area contributed by atoms with Crippen LogP contribution in [0.4, 0.5) is 0 Å². The van der Waals surface area contributed by atoms with Crippen molar-refractivity contribution in [3.63, 3.8) is 0 Å². The van der Waals surface area contributed by atoms with Gasteiger partial charge in [0.05, 0.1) is 6.61 Å². The van der Waals surface area contributed by atoms with Crippen LogP contribution in [0.25, 0.3) is 33.6 Å². The summed E-state index contributed by atoms with van der Waals surface area (Å²) in [6.07, 6.45) is 0. The number of ether oxygens (including phenoxy) is 1. The quantitative estimate of drug-likeness (QED) is 0.342. The first-order valence-corrected chi connectivity index (χ1v) is 10.4. The summed E-state index contributed by atoms with van der Waals surface area (Å²) >= 11 is 0. The van der Waals surface area contributed by atoms with Crippen molar-refractivity contribution in [3.8, 4) is 33.6 Å². The highest BCUT2D eigenvalue weighted by Gasteiger charge is 2.24. The molecule has 3 aromatic carbocycles. The summed E-state index contributed by atoms with van der Waals surface area (Å²) in [6, 6.07) is 35.0. The fourth-order valence-corrected chi connectivity index (χ4v) is 3.56. The minimum absolute atomic E-state index is 0.0723. The summed E-state index contributed by atoms with van der Waals surface area (Å²) in [6.45, 7) is 2.24. The molecule has 0 radical (unpaired) electrons. The molecule has 0 unspecified atom stereocenters. The van der Waals surface area contributed by atoms with Crippen molar-refractivity contribution in [2.75, 3.05) is 18.6 Å². The third-order valence-electron chi connectivity index (χ3n) is 5.00. The van der Waals surface area contributed by atoms with Gasteiger partial charge in [-0.2, -0.15) is 5.43 Å². The lowest BCUT2D eigenvalue weighted by Crippen LogP contribution is -2.51. The number of nitrogens with one attached hydrogen (secondary N) is 1. The summed E-state index contributed by atoms with van der Waals surface area (Å²) in [5.41, 5.74) is 9.55. The van der Waals surface area contributed by atoms with Crippen molar-refractivity contribution in [2.45, 2.75) is 6.92 Å². The number of benzene rings is 3. The minimum Gasteiger partial charge on any atom is -0.465 e. The zero-order valence-electron chi connectivity index (χ0n) is 17.5. The smallest absolute Gasteiger partial charge is 0.331 e. The number of pyridine rings is 1. The first-order chi connectivity index (χ1) is 15.3. The molecule has 1 heterocycles. The molecule has 0 saturated heterocycles. The molecule has 0 amide bonds. The summed E-state index contributed by atoms with van der Waals surface area (Å²) in [7, 11) is 0. The van der Waals surface area contributed by atoms with Gasteiger partial charge in [0.1, 0.15) is 0 Å². The van der Waals surface area contributed by atoms with E-state index in [0.29, 0.717) is 6.61 Å². The van der Waals surface area contributed by atoms with Crippen LogP contribution in [0.5, 0.6) is 0 Å². The van der Waals surface area contributed by atoms with E-state index in [2.05, 4.69) is 54.0 Å². The Morgan fingerprint density at radius 3 is 1.61 bits per heavy atom. The third kappa shape index (κ3) is 4.81. The Morgan fingerprint density at radius 1 is 0.710 bits per heavy atom. The van der Waals surface area contributed by atoms with E-state index in [4.69, 9.17) is 4.74 Å². The van der Waals surface area contributed by atoms with Crippen molar-refractivity contribution in [1.29, 1.82) is 0 Å². The Labute approximate surface area is 182 Å².